The Morgan fingerprint density at radius 2 is 1.82 bits per heavy atom. The molecule has 1 aromatic rings. The molecule has 0 fully saturated rings. The molecule has 3 nitrogen and oxygen atoms in total. The molecule has 0 aliphatic rings. The van der Waals surface area contributed by atoms with E-state index in [1.54, 1.807) is 0 Å². The number of halogens is 1. The molecule has 1 aromatic carbocycles. The molecule has 0 unspecified atom stereocenters. The summed E-state index contributed by atoms with van der Waals surface area (Å²) in [5.74, 6) is 0. The molecule has 1 atom stereocenters. The molecule has 0 spiro atoms. The summed E-state index contributed by atoms with van der Waals surface area (Å²) in [5.41, 5.74) is 0.688. The van der Waals surface area contributed by atoms with Crippen LogP contribution in [0.25, 0.3) is 0 Å². The molecule has 0 saturated heterocycles. The van der Waals surface area contributed by atoms with Crippen LogP contribution in [0.1, 0.15) is 39.4 Å². The van der Waals surface area contributed by atoms with E-state index in [0.29, 0.717) is 0 Å². The molecule has 0 aliphatic carbocycles. The molecular weight excluding hydrogens is 282 g/mol. The summed E-state index contributed by atoms with van der Waals surface area (Å²) in [6, 6.07) is 7.71. The van der Waals surface area contributed by atoms with E-state index in [1.807, 2.05) is 52.0 Å². The van der Waals surface area contributed by atoms with Crippen molar-refractivity contribution in [1.29, 1.82) is 0 Å². The quantitative estimate of drug-likeness (QED) is 0.895. The van der Waals surface area contributed by atoms with Gasteiger partial charge in [0, 0.05) is 10.0 Å². The fourth-order valence-corrected chi connectivity index (χ4v) is 1.56. The second-order valence-corrected chi connectivity index (χ2v) is 5.89. The van der Waals surface area contributed by atoms with Gasteiger partial charge in [-0.05, 0) is 45.4 Å². The third-order valence-corrected chi connectivity index (χ3v) is 2.63. The molecule has 1 N–H and O–H groups in total. The monoisotopic (exact) mass is 299 g/mol. The lowest BCUT2D eigenvalue weighted by molar-refractivity contribution is 0.100. The van der Waals surface area contributed by atoms with Crippen LogP contribution in [0.5, 0.6) is 0 Å². The van der Waals surface area contributed by atoms with Crippen molar-refractivity contribution in [3.8, 4) is 0 Å². The van der Waals surface area contributed by atoms with Gasteiger partial charge in [0.15, 0.2) is 0 Å². The molecule has 0 aliphatic heterocycles. The van der Waals surface area contributed by atoms with Crippen LogP contribution in [0.2, 0.25) is 0 Å². The summed E-state index contributed by atoms with van der Waals surface area (Å²) in [4.78, 5) is 11.6. The molecule has 0 heterocycles. The van der Waals surface area contributed by atoms with Crippen LogP contribution in [0, 0.1) is 0 Å². The van der Waals surface area contributed by atoms with Gasteiger partial charge in [-0.1, -0.05) is 28.1 Å². The SMILES string of the molecule is C[C@@H](OC(=O)NC(C)(C)C)c1ccc(Br)cc1. The van der Waals surface area contributed by atoms with Gasteiger partial charge in [-0.3, -0.25) is 0 Å². The normalized spacial score (nSPS) is 13.0. The third-order valence-electron chi connectivity index (χ3n) is 2.10. The van der Waals surface area contributed by atoms with Crippen LogP contribution in [-0.2, 0) is 4.74 Å². The average molecular weight is 300 g/mol. The van der Waals surface area contributed by atoms with Crippen molar-refractivity contribution < 1.29 is 9.53 Å². The Labute approximate surface area is 111 Å². The van der Waals surface area contributed by atoms with Gasteiger partial charge in [-0.2, -0.15) is 0 Å². The van der Waals surface area contributed by atoms with E-state index in [0.717, 1.165) is 10.0 Å². The van der Waals surface area contributed by atoms with Crippen molar-refractivity contribution >= 4 is 22.0 Å². The summed E-state index contributed by atoms with van der Waals surface area (Å²) in [6.45, 7) is 7.60. The largest absolute Gasteiger partial charge is 0.442 e. The van der Waals surface area contributed by atoms with E-state index in [-0.39, 0.29) is 11.6 Å². The highest BCUT2D eigenvalue weighted by molar-refractivity contribution is 9.10. The predicted octanol–water partition coefficient (Wildman–Crippen LogP) is 4.03. The smallest absolute Gasteiger partial charge is 0.408 e. The van der Waals surface area contributed by atoms with E-state index in [1.165, 1.54) is 0 Å². The molecule has 17 heavy (non-hydrogen) atoms. The van der Waals surface area contributed by atoms with E-state index in [2.05, 4.69) is 21.2 Å². The van der Waals surface area contributed by atoms with Gasteiger partial charge in [-0.25, -0.2) is 4.79 Å². The number of alkyl carbamates (subject to hydrolysis) is 1. The number of carbonyl (C=O) groups excluding carboxylic acids is 1. The molecule has 0 bridgehead atoms. The van der Waals surface area contributed by atoms with Gasteiger partial charge < -0.3 is 10.1 Å². The van der Waals surface area contributed by atoms with Crippen molar-refractivity contribution in [1.82, 2.24) is 5.32 Å². The van der Waals surface area contributed by atoms with Crippen LogP contribution in [0.15, 0.2) is 28.7 Å². The van der Waals surface area contributed by atoms with E-state index in [4.69, 9.17) is 4.74 Å². The average Bonchev–Trinajstić information content (AvgIpc) is 2.15. The zero-order chi connectivity index (χ0) is 13.1. The van der Waals surface area contributed by atoms with Crippen molar-refractivity contribution in [2.45, 2.75) is 39.3 Å². The molecule has 4 heteroatoms. The molecule has 1 rings (SSSR count). The first kappa shape index (κ1) is 14.0. The van der Waals surface area contributed by atoms with Gasteiger partial charge in [-0.15, -0.1) is 0 Å². The van der Waals surface area contributed by atoms with Crippen LogP contribution >= 0.6 is 15.9 Å². The van der Waals surface area contributed by atoms with E-state index < -0.39 is 6.09 Å². The lowest BCUT2D eigenvalue weighted by atomic mass is 10.1. The van der Waals surface area contributed by atoms with Gasteiger partial charge in [0.25, 0.3) is 0 Å². The minimum absolute atomic E-state index is 0.259. The standard InChI is InChI=1S/C13H18BrNO2/c1-9(10-5-7-11(14)8-6-10)17-12(16)15-13(2,3)4/h5-9H,1-4H3,(H,15,16)/t9-/m1/s1. The molecular formula is C13H18BrNO2. The van der Waals surface area contributed by atoms with Crippen molar-refractivity contribution in [2.75, 3.05) is 0 Å². The maximum atomic E-state index is 11.6. The third kappa shape index (κ3) is 5.22. The Bertz CT molecular complexity index is 381. The van der Waals surface area contributed by atoms with Crippen molar-refractivity contribution in [3.63, 3.8) is 0 Å². The Kier molecular flexibility index (Phi) is 4.57. The van der Waals surface area contributed by atoms with E-state index in [9.17, 15) is 4.79 Å². The van der Waals surface area contributed by atoms with Crippen LogP contribution in [0.3, 0.4) is 0 Å². The molecule has 94 valence electrons. The number of hydrogen-bond acceptors (Lipinski definition) is 2. The van der Waals surface area contributed by atoms with Gasteiger partial charge in [0.05, 0.1) is 0 Å². The highest BCUT2D eigenvalue weighted by Crippen LogP contribution is 2.19. The van der Waals surface area contributed by atoms with Crippen LogP contribution in [0.4, 0.5) is 4.79 Å². The van der Waals surface area contributed by atoms with Gasteiger partial charge >= 0.3 is 6.09 Å². The Morgan fingerprint density at radius 1 is 1.29 bits per heavy atom. The molecule has 0 radical (unpaired) electrons. The highest BCUT2D eigenvalue weighted by Gasteiger charge is 2.17. The first-order chi connectivity index (χ1) is 7.78. The number of carbonyl (C=O) groups is 1. The summed E-state index contributed by atoms with van der Waals surface area (Å²) >= 11 is 3.37. The maximum Gasteiger partial charge on any atom is 0.408 e. The van der Waals surface area contributed by atoms with Gasteiger partial charge in [0.1, 0.15) is 6.10 Å². The summed E-state index contributed by atoms with van der Waals surface area (Å²) in [5, 5.41) is 2.76. The number of ether oxygens (including phenoxy) is 1. The minimum atomic E-state index is -0.395. The zero-order valence-electron chi connectivity index (χ0n) is 10.6. The maximum absolute atomic E-state index is 11.6. The Morgan fingerprint density at radius 3 is 2.29 bits per heavy atom. The number of rotatable bonds is 2. The fraction of sp³-hybridized carbons (Fsp3) is 0.462. The Balaban J connectivity index is 2.57. The van der Waals surface area contributed by atoms with Crippen molar-refractivity contribution in [2.24, 2.45) is 0 Å². The van der Waals surface area contributed by atoms with Crippen molar-refractivity contribution in [3.05, 3.63) is 34.3 Å². The second kappa shape index (κ2) is 5.54. The Hall–Kier alpha value is -1.03. The van der Waals surface area contributed by atoms with E-state index >= 15 is 0 Å². The first-order valence-electron chi connectivity index (χ1n) is 5.52. The number of nitrogens with one attached hydrogen (secondary N) is 1. The number of hydrogen-bond donors (Lipinski definition) is 1. The lowest BCUT2D eigenvalue weighted by Gasteiger charge is -2.22. The first-order valence-corrected chi connectivity index (χ1v) is 6.31. The van der Waals surface area contributed by atoms with Crippen LogP contribution in [-0.4, -0.2) is 11.6 Å². The number of benzene rings is 1. The second-order valence-electron chi connectivity index (χ2n) is 4.97. The fourth-order valence-electron chi connectivity index (χ4n) is 1.30. The lowest BCUT2D eigenvalue weighted by Crippen LogP contribution is -2.41. The summed E-state index contributed by atoms with van der Waals surface area (Å²) in [7, 11) is 0. The zero-order valence-corrected chi connectivity index (χ0v) is 12.2. The number of amides is 1. The molecule has 1 amide bonds. The predicted molar refractivity (Wildman–Crippen MR) is 71.9 cm³/mol. The van der Waals surface area contributed by atoms with Gasteiger partial charge in [0.2, 0.25) is 0 Å². The molecule has 0 aromatic heterocycles. The minimum Gasteiger partial charge on any atom is -0.442 e. The summed E-state index contributed by atoms with van der Waals surface area (Å²) in [6.07, 6.45) is -0.654. The molecule has 0 saturated carbocycles. The van der Waals surface area contributed by atoms with Crippen LogP contribution < -0.4 is 5.32 Å². The highest BCUT2D eigenvalue weighted by atomic mass is 79.9. The topological polar surface area (TPSA) is 38.3 Å². The summed E-state index contributed by atoms with van der Waals surface area (Å²) < 4.78 is 6.29.